The molecule has 10 heteroatoms. The zero-order valence-corrected chi connectivity index (χ0v) is 19.8. The van der Waals surface area contributed by atoms with E-state index >= 15 is 0 Å². The Kier molecular flexibility index (Phi) is 10.8. The zero-order valence-electron chi connectivity index (χ0n) is 19.8. The summed E-state index contributed by atoms with van der Waals surface area (Å²) in [6.07, 6.45) is -1.85. The summed E-state index contributed by atoms with van der Waals surface area (Å²) < 4.78 is 20.8. The fourth-order valence-electron chi connectivity index (χ4n) is 3.05. The first-order chi connectivity index (χ1) is 15.4. The molecular formula is C23H33NO9. The standard InChI is InChI=1S/C23H33NO9/c1-7-18(25)32-16-10-9-15(11-17(16)33-19(26)8-2)20(21(24)22(27)28)13(5)14(6)31-23(29)30-12(3)4/h9-14,20-21H,7-8,24H2,1-6H3,(H,27,28)/t13?,14?,20?,21-/m0/s1. The lowest BCUT2D eigenvalue weighted by Gasteiger charge is -2.31. The van der Waals surface area contributed by atoms with Crippen LogP contribution in [0.2, 0.25) is 0 Å². The molecule has 0 bridgehead atoms. The van der Waals surface area contributed by atoms with Crippen molar-refractivity contribution in [2.45, 2.75) is 78.6 Å². The van der Waals surface area contributed by atoms with E-state index in [2.05, 4.69) is 0 Å². The number of nitrogens with two attached hydrogens (primary N) is 1. The highest BCUT2D eigenvalue weighted by Crippen LogP contribution is 2.37. The van der Waals surface area contributed by atoms with Crippen LogP contribution in [0.25, 0.3) is 0 Å². The Hall–Kier alpha value is -3.14. The van der Waals surface area contributed by atoms with E-state index in [1.54, 1.807) is 41.5 Å². The van der Waals surface area contributed by atoms with Crippen LogP contribution in [-0.4, -0.2) is 47.4 Å². The Morgan fingerprint density at radius 3 is 1.94 bits per heavy atom. The second-order valence-corrected chi connectivity index (χ2v) is 7.85. The summed E-state index contributed by atoms with van der Waals surface area (Å²) in [5.41, 5.74) is 6.40. The second-order valence-electron chi connectivity index (χ2n) is 7.85. The molecular weight excluding hydrogens is 434 g/mol. The third kappa shape index (κ3) is 8.38. The van der Waals surface area contributed by atoms with Crippen molar-refractivity contribution in [1.82, 2.24) is 0 Å². The third-order valence-corrected chi connectivity index (χ3v) is 4.97. The molecule has 1 aromatic rings. The van der Waals surface area contributed by atoms with Gasteiger partial charge < -0.3 is 29.8 Å². The van der Waals surface area contributed by atoms with Crippen molar-refractivity contribution >= 4 is 24.1 Å². The van der Waals surface area contributed by atoms with Crippen molar-refractivity contribution in [2.75, 3.05) is 0 Å². The number of aliphatic carboxylic acids is 1. The lowest BCUT2D eigenvalue weighted by atomic mass is 9.79. The van der Waals surface area contributed by atoms with Gasteiger partial charge in [0.15, 0.2) is 11.5 Å². The summed E-state index contributed by atoms with van der Waals surface area (Å²) in [6.45, 7) is 9.84. The molecule has 0 aliphatic carbocycles. The number of ether oxygens (including phenoxy) is 4. The quantitative estimate of drug-likeness (QED) is 0.366. The summed E-state index contributed by atoms with van der Waals surface area (Å²) in [4.78, 5) is 47.3. The van der Waals surface area contributed by atoms with Crippen LogP contribution < -0.4 is 15.2 Å². The average molecular weight is 468 g/mol. The summed E-state index contributed by atoms with van der Waals surface area (Å²) in [5.74, 6) is -3.81. The normalized spacial score (nSPS) is 14.5. The van der Waals surface area contributed by atoms with Gasteiger partial charge in [-0.15, -0.1) is 0 Å². The van der Waals surface area contributed by atoms with E-state index in [0.717, 1.165) is 0 Å². The molecule has 3 unspecified atom stereocenters. The van der Waals surface area contributed by atoms with Crippen LogP contribution in [-0.2, 0) is 23.9 Å². The average Bonchev–Trinajstić information content (AvgIpc) is 2.74. The molecule has 0 spiro atoms. The van der Waals surface area contributed by atoms with Gasteiger partial charge in [0.05, 0.1) is 6.10 Å². The first-order valence-electron chi connectivity index (χ1n) is 10.8. The van der Waals surface area contributed by atoms with Crippen LogP contribution in [0.1, 0.15) is 65.9 Å². The maximum Gasteiger partial charge on any atom is 0.508 e. The number of benzene rings is 1. The molecule has 3 N–H and O–H groups in total. The van der Waals surface area contributed by atoms with Crippen LogP contribution >= 0.6 is 0 Å². The van der Waals surface area contributed by atoms with Gasteiger partial charge in [0.2, 0.25) is 0 Å². The maximum absolute atomic E-state index is 11.9. The van der Waals surface area contributed by atoms with Crippen molar-refractivity contribution in [3.8, 4) is 11.5 Å². The number of esters is 2. The van der Waals surface area contributed by atoms with Crippen LogP contribution in [0.5, 0.6) is 11.5 Å². The monoisotopic (exact) mass is 467 g/mol. The number of carboxylic acid groups (broad SMARTS) is 1. The molecule has 0 heterocycles. The van der Waals surface area contributed by atoms with E-state index in [-0.39, 0.29) is 30.4 Å². The smallest absolute Gasteiger partial charge is 0.480 e. The molecule has 0 aliphatic heterocycles. The Bertz CT molecular complexity index is 852. The SMILES string of the molecule is CCC(=O)Oc1ccc(C(C(C)C(C)OC(=O)OC(C)C)[C@H](N)C(=O)O)cc1OC(=O)CC. The molecule has 33 heavy (non-hydrogen) atoms. The first-order valence-corrected chi connectivity index (χ1v) is 10.8. The number of carbonyl (C=O) groups is 4. The molecule has 10 nitrogen and oxygen atoms in total. The Morgan fingerprint density at radius 2 is 1.45 bits per heavy atom. The van der Waals surface area contributed by atoms with E-state index in [1.165, 1.54) is 18.2 Å². The lowest BCUT2D eigenvalue weighted by Crippen LogP contribution is -2.42. The van der Waals surface area contributed by atoms with E-state index in [9.17, 15) is 24.3 Å². The highest BCUT2D eigenvalue weighted by Gasteiger charge is 2.36. The highest BCUT2D eigenvalue weighted by molar-refractivity contribution is 5.77. The van der Waals surface area contributed by atoms with Gasteiger partial charge in [-0.05, 0) is 38.5 Å². The first kappa shape index (κ1) is 27.9. The zero-order chi connectivity index (χ0) is 25.3. The summed E-state index contributed by atoms with van der Waals surface area (Å²) in [6, 6.07) is 2.99. The highest BCUT2D eigenvalue weighted by atomic mass is 16.7. The predicted octanol–water partition coefficient (Wildman–Crippen LogP) is 3.40. The van der Waals surface area contributed by atoms with Crippen molar-refractivity contribution in [3.05, 3.63) is 23.8 Å². The predicted molar refractivity (Wildman–Crippen MR) is 118 cm³/mol. The summed E-state index contributed by atoms with van der Waals surface area (Å²) >= 11 is 0. The molecule has 0 saturated carbocycles. The molecule has 0 fully saturated rings. The number of hydrogen-bond acceptors (Lipinski definition) is 9. The second kappa shape index (κ2) is 12.8. The molecule has 0 saturated heterocycles. The maximum atomic E-state index is 11.9. The third-order valence-electron chi connectivity index (χ3n) is 4.97. The molecule has 0 amide bonds. The fraction of sp³-hybridized carbons (Fsp3) is 0.565. The van der Waals surface area contributed by atoms with Gasteiger partial charge >= 0.3 is 24.1 Å². The van der Waals surface area contributed by atoms with Gasteiger partial charge in [0.25, 0.3) is 0 Å². The summed E-state index contributed by atoms with van der Waals surface area (Å²) in [7, 11) is 0. The van der Waals surface area contributed by atoms with Gasteiger partial charge in [0.1, 0.15) is 12.1 Å². The van der Waals surface area contributed by atoms with E-state index in [4.69, 9.17) is 24.7 Å². The minimum absolute atomic E-state index is 0.0208. The van der Waals surface area contributed by atoms with Crippen molar-refractivity contribution in [1.29, 1.82) is 0 Å². The Balaban J connectivity index is 3.38. The number of carbonyl (C=O) groups excluding carboxylic acids is 3. The van der Waals surface area contributed by atoms with E-state index < -0.39 is 48.0 Å². The Morgan fingerprint density at radius 1 is 0.909 bits per heavy atom. The summed E-state index contributed by atoms with van der Waals surface area (Å²) in [5, 5.41) is 9.59. The minimum Gasteiger partial charge on any atom is -0.480 e. The molecule has 0 aliphatic rings. The van der Waals surface area contributed by atoms with Gasteiger partial charge in [-0.2, -0.15) is 0 Å². The fourth-order valence-corrected chi connectivity index (χ4v) is 3.05. The van der Waals surface area contributed by atoms with Crippen LogP contribution in [0, 0.1) is 5.92 Å². The van der Waals surface area contributed by atoms with Gasteiger partial charge in [0, 0.05) is 24.7 Å². The molecule has 0 radical (unpaired) electrons. The number of rotatable bonds is 11. The molecule has 1 aromatic carbocycles. The van der Waals surface area contributed by atoms with E-state index in [0.29, 0.717) is 5.56 Å². The van der Waals surface area contributed by atoms with Crippen molar-refractivity contribution in [3.63, 3.8) is 0 Å². The van der Waals surface area contributed by atoms with Crippen LogP contribution in [0.3, 0.4) is 0 Å². The van der Waals surface area contributed by atoms with Crippen molar-refractivity contribution < 1.29 is 43.2 Å². The molecule has 4 atom stereocenters. The number of carboxylic acids is 1. The topological polar surface area (TPSA) is 151 Å². The molecule has 0 aromatic heterocycles. The van der Waals surface area contributed by atoms with Crippen LogP contribution in [0.15, 0.2) is 18.2 Å². The number of hydrogen-bond donors (Lipinski definition) is 2. The minimum atomic E-state index is -1.37. The molecule has 184 valence electrons. The van der Waals surface area contributed by atoms with Crippen molar-refractivity contribution in [2.24, 2.45) is 11.7 Å². The van der Waals surface area contributed by atoms with Gasteiger partial charge in [-0.25, -0.2) is 4.79 Å². The van der Waals surface area contributed by atoms with E-state index in [1.807, 2.05) is 0 Å². The largest absolute Gasteiger partial charge is 0.508 e. The van der Waals surface area contributed by atoms with Crippen LogP contribution in [0.4, 0.5) is 4.79 Å². The van der Waals surface area contributed by atoms with Gasteiger partial charge in [-0.1, -0.05) is 26.8 Å². The van der Waals surface area contributed by atoms with Gasteiger partial charge in [-0.3, -0.25) is 14.4 Å². The lowest BCUT2D eigenvalue weighted by molar-refractivity contribution is -0.140. The Labute approximate surface area is 193 Å². The molecule has 1 rings (SSSR count).